The minimum atomic E-state index is -0.820. The molecule has 1 aliphatic heterocycles. The first kappa shape index (κ1) is 14.5. The number of rotatable bonds is 0. The van der Waals surface area contributed by atoms with Crippen molar-refractivity contribution in [1.29, 1.82) is 0 Å². The van der Waals surface area contributed by atoms with Crippen LogP contribution in [0, 0.1) is 5.41 Å². The van der Waals surface area contributed by atoms with Crippen LogP contribution in [0.3, 0.4) is 0 Å². The summed E-state index contributed by atoms with van der Waals surface area (Å²) in [7, 11) is 0. The first-order valence-corrected chi connectivity index (χ1v) is 5.11. The van der Waals surface area contributed by atoms with Crippen molar-refractivity contribution in [3.63, 3.8) is 0 Å². The highest BCUT2D eigenvalue weighted by molar-refractivity contribution is 5.72. The molecule has 5 nitrogen and oxygen atoms in total. The van der Waals surface area contributed by atoms with Crippen LogP contribution in [-0.4, -0.2) is 40.3 Å². The standard InChI is InChI=1S/C6H9NO2.C5H10O2/c8-6(9)7-4-2-1-3-5-7;1-5(2,3)4(6)7/h1-2H,3-5H2,(H,8,9);1-3H3,(H,6,7). The third-order valence-electron chi connectivity index (χ3n) is 1.97. The van der Waals surface area contributed by atoms with E-state index < -0.39 is 17.5 Å². The van der Waals surface area contributed by atoms with Crippen molar-refractivity contribution in [2.75, 3.05) is 13.1 Å². The summed E-state index contributed by atoms with van der Waals surface area (Å²) >= 11 is 0. The molecule has 0 spiro atoms. The van der Waals surface area contributed by atoms with Gasteiger partial charge in [0.1, 0.15) is 0 Å². The van der Waals surface area contributed by atoms with E-state index in [0.717, 1.165) is 6.42 Å². The number of carbonyl (C=O) groups is 2. The van der Waals surface area contributed by atoms with Gasteiger partial charge in [-0.15, -0.1) is 0 Å². The molecule has 0 radical (unpaired) electrons. The van der Waals surface area contributed by atoms with E-state index in [0.29, 0.717) is 13.1 Å². The van der Waals surface area contributed by atoms with Gasteiger partial charge >= 0.3 is 12.1 Å². The largest absolute Gasteiger partial charge is 0.481 e. The Morgan fingerprint density at radius 1 is 1.19 bits per heavy atom. The zero-order valence-corrected chi connectivity index (χ0v) is 9.93. The average Bonchev–Trinajstić information content (AvgIpc) is 2.18. The summed E-state index contributed by atoms with van der Waals surface area (Å²) in [4.78, 5) is 21.7. The Bertz CT molecular complexity index is 278. The predicted octanol–water partition coefficient (Wildman–Crippen LogP) is 2.04. The van der Waals surface area contributed by atoms with Gasteiger partial charge in [0.15, 0.2) is 0 Å². The number of carboxylic acids is 1. The second kappa shape index (κ2) is 6.15. The van der Waals surface area contributed by atoms with Gasteiger partial charge in [0.25, 0.3) is 0 Å². The molecular formula is C11H19NO4. The smallest absolute Gasteiger partial charge is 0.407 e. The molecule has 5 heteroatoms. The highest BCUT2D eigenvalue weighted by Crippen LogP contribution is 2.11. The lowest BCUT2D eigenvalue weighted by Gasteiger charge is -2.18. The normalized spacial score (nSPS) is 15.1. The maximum Gasteiger partial charge on any atom is 0.407 e. The molecule has 0 bridgehead atoms. The Kier molecular flexibility index (Phi) is 5.56. The molecule has 0 aromatic heterocycles. The maximum absolute atomic E-state index is 10.2. The molecule has 0 aromatic rings. The molecule has 1 rings (SSSR count). The van der Waals surface area contributed by atoms with Gasteiger partial charge in [0, 0.05) is 13.1 Å². The van der Waals surface area contributed by atoms with Crippen LogP contribution in [0.1, 0.15) is 27.2 Å². The Labute approximate surface area is 95.4 Å². The Morgan fingerprint density at radius 2 is 1.69 bits per heavy atom. The van der Waals surface area contributed by atoms with Crippen molar-refractivity contribution in [2.45, 2.75) is 27.2 Å². The lowest BCUT2D eigenvalue weighted by atomic mass is 9.98. The molecule has 0 unspecified atom stereocenters. The van der Waals surface area contributed by atoms with Crippen LogP contribution in [0.15, 0.2) is 12.2 Å². The zero-order valence-electron chi connectivity index (χ0n) is 9.93. The number of carboxylic acid groups (broad SMARTS) is 2. The third kappa shape index (κ3) is 6.06. The van der Waals surface area contributed by atoms with Crippen molar-refractivity contribution >= 4 is 12.1 Å². The molecule has 1 aliphatic rings. The zero-order chi connectivity index (χ0) is 12.8. The summed E-state index contributed by atoms with van der Waals surface area (Å²) in [6.07, 6.45) is 3.91. The first-order chi connectivity index (χ1) is 7.25. The van der Waals surface area contributed by atoms with Crippen LogP contribution in [0.5, 0.6) is 0 Å². The third-order valence-corrected chi connectivity index (χ3v) is 1.97. The first-order valence-electron chi connectivity index (χ1n) is 5.11. The summed E-state index contributed by atoms with van der Waals surface area (Å²) in [6, 6.07) is 0. The monoisotopic (exact) mass is 229 g/mol. The second-order valence-corrected chi connectivity index (χ2v) is 4.54. The van der Waals surface area contributed by atoms with E-state index in [1.165, 1.54) is 4.90 Å². The van der Waals surface area contributed by atoms with Crippen LogP contribution in [-0.2, 0) is 4.79 Å². The minimum absolute atomic E-state index is 0.551. The minimum Gasteiger partial charge on any atom is -0.481 e. The molecule has 2 N–H and O–H groups in total. The van der Waals surface area contributed by atoms with Gasteiger partial charge < -0.3 is 15.1 Å². The lowest BCUT2D eigenvalue weighted by Crippen LogP contribution is -2.32. The SMILES string of the molecule is CC(C)(C)C(=O)O.O=C(O)N1CC=CCC1. The van der Waals surface area contributed by atoms with Crippen LogP contribution >= 0.6 is 0 Å². The van der Waals surface area contributed by atoms with Crippen LogP contribution in [0.2, 0.25) is 0 Å². The fourth-order valence-corrected chi connectivity index (χ4v) is 0.815. The maximum atomic E-state index is 10.2. The molecule has 1 heterocycles. The highest BCUT2D eigenvalue weighted by atomic mass is 16.4. The average molecular weight is 229 g/mol. The van der Waals surface area contributed by atoms with E-state index in [9.17, 15) is 9.59 Å². The van der Waals surface area contributed by atoms with Crippen molar-refractivity contribution < 1.29 is 19.8 Å². The molecule has 0 atom stereocenters. The van der Waals surface area contributed by atoms with Gasteiger partial charge in [-0.2, -0.15) is 0 Å². The Morgan fingerprint density at radius 3 is 1.88 bits per heavy atom. The predicted molar refractivity (Wildman–Crippen MR) is 60.4 cm³/mol. The lowest BCUT2D eigenvalue weighted by molar-refractivity contribution is -0.145. The molecule has 0 aromatic carbocycles. The number of nitrogens with zero attached hydrogens (tertiary/aromatic N) is 1. The number of aliphatic carboxylic acids is 1. The molecular weight excluding hydrogens is 210 g/mol. The van der Waals surface area contributed by atoms with Crippen molar-refractivity contribution in [2.24, 2.45) is 5.41 Å². The molecule has 0 aliphatic carbocycles. The van der Waals surface area contributed by atoms with Gasteiger partial charge in [0.05, 0.1) is 5.41 Å². The van der Waals surface area contributed by atoms with E-state index >= 15 is 0 Å². The van der Waals surface area contributed by atoms with E-state index in [4.69, 9.17) is 10.2 Å². The summed E-state index contributed by atoms with van der Waals surface area (Å²) < 4.78 is 0. The summed E-state index contributed by atoms with van der Waals surface area (Å²) in [5, 5.41) is 16.7. The number of hydrogen-bond acceptors (Lipinski definition) is 2. The molecule has 92 valence electrons. The fourth-order valence-electron chi connectivity index (χ4n) is 0.815. The van der Waals surface area contributed by atoms with E-state index in [-0.39, 0.29) is 0 Å². The highest BCUT2D eigenvalue weighted by Gasteiger charge is 2.18. The second-order valence-electron chi connectivity index (χ2n) is 4.54. The molecule has 0 saturated carbocycles. The molecule has 16 heavy (non-hydrogen) atoms. The summed E-state index contributed by atoms with van der Waals surface area (Å²) in [5.74, 6) is -0.757. The van der Waals surface area contributed by atoms with E-state index in [1.54, 1.807) is 20.8 Å². The topological polar surface area (TPSA) is 77.8 Å². The van der Waals surface area contributed by atoms with Crippen molar-refractivity contribution in [3.8, 4) is 0 Å². The van der Waals surface area contributed by atoms with Gasteiger partial charge in [-0.1, -0.05) is 12.2 Å². The number of hydrogen-bond donors (Lipinski definition) is 2. The molecule has 1 amide bonds. The van der Waals surface area contributed by atoms with Gasteiger partial charge in [-0.3, -0.25) is 4.79 Å². The van der Waals surface area contributed by atoms with Crippen LogP contribution in [0.4, 0.5) is 4.79 Å². The van der Waals surface area contributed by atoms with Crippen molar-refractivity contribution in [3.05, 3.63) is 12.2 Å². The fraction of sp³-hybridized carbons (Fsp3) is 0.636. The van der Waals surface area contributed by atoms with E-state index in [2.05, 4.69) is 0 Å². The number of amides is 1. The van der Waals surface area contributed by atoms with Gasteiger partial charge in [-0.25, -0.2) is 4.79 Å². The van der Waals surface area contributed by atoms with Crippen LogP contribution in [0.25, 0.3) is 0 Å². The quantitative estimate of drug-likeness (QED) is 0.623. The Balaban J connectivity index is 0.000000293. The summed E-state index contributed by atoms with van der Waals surface area (Å²) in [5.41, 5.74) is -0.583. The van der Waals surface area contributed by atoms with E-state index in [1.807, 2.05) is 12.2 Å². The summed E-state index contributed by atoms with van der Waals surface area (Å²) in [6.45, 7) is 6.18. The molecule has 0 fully saturated rings. The molecule has 0 saturated heterocycles. The van der Waals surface area contributed by atoms with Crippen LogP contribution < -0.4 is 0 Å². The van der Waals surface area contributed by atoms with Gasteiger partial charge in [-0.05, 0) is 27.2 Å². The Hall–Kier alpha value is -1.52. The van der Waals surface area contributed by atoms with Gasteiger partial charge in [0.2, 0.25) is 0 Å². The van der Waals surface area contributed by atoms with Crippen molar-refractivity contribution in [1.82, 2.24) is 4.90 Å².